The Labute approximate surface area is 201 Å². The summed E-state index contributed by atoms with van der Waals surface area (Å²) in [5.74, 6) is -0.119. The number of benzene rings is 2. The van der Waals surface area contributed by atoms with Crippen LogP contribution in [0.25, 0.3) is 0 Å². The largest absolute Gasteiger partial charge is 0.365 e. The standard InChI is InChI=1S/C27H32N6O/c1-2-6-21-9-11-22(12-10-21)19-32-17-14-27(13-16-28,15-18-32)33-20-24(25(29)34)26(31-33)30-23-7-4-3-5-8-23/h3-5,7-12,20H,2,6,13-15,17-19H2,1H3,(H2,29,34)(H,30,31). The molecule has 3 aromatic rings. The zero-order valence-electron chi connectivity index (χ0n) is 19.7. The van der Waals surface area contributed by atoms with E-state index in [1.807, 2.05) is 30.3 Å². The Morgan fingerprint density at radius 3 is 2.41 bits per heavy atom. The minimum absolute atomic E-state index is 0.329. The van der Waals surface area contributed by atoms with Gasteiger partial charge in [-0.15, -0.1) is 0 Å². The number of anilines is 2. The van der Waals surface area contributed by atoms with E-state index < -0.39 is 11.4 Å². The zero-order chi connectivity index (χ0) is 24.0. The summed E-state index contributed by atoms with van der Waals surface area (Å²) in [6.07, 6.45) is 5.85. The third-order valence-electron chi connectivity index (χ3n) is 6.66. The van der Waals surface area contributed by atoms with Gasteiger partial charge in [0, 0.05) is 31.5 Å². The number of hydrogen-bond donors (Lipinski definition) is 2. The fourth-order valence-corrected chi connectivity index (χ4v) is 4.67. The summed E-state index contributed by atoms with van der Waals surface area (Å²) in [5, 5.41) is 17.5. The van der Waals surface area contributed by atoms with E-state index >= 15 is 0 Å². The SMILES string of the molecule is CCCc1ccc(CN2CCC(CC#N)(n3cc(C(N)=O)c(Nc4ccccc4)n3)CC2)cc1. The van der Waals surface area contributed by atoms with Gasteiger partial charge in [-0.3, -0.25) is 14.4 Å². The van der Waals surface area contributed by atoms with Gasteiger partial charge in [0.15, 0.2) is 5.82 Å². The lowest BCUT2D eigenvalue weighted by Gasteiger charge is -2.40. The molecule has 1 aliphatic heterocycles. The molecular weight excluding hydrogens is 424 g/mol. The van der Waals surface area contributed by atoms with Crippen molar-refractivity contribution >= 4 is 17.4 Å². The van der Waals surface area contributed by atoms with Crippen molar-refractivity contribution in [3.63, 3.8) is 0 Å². The molecule has 0 radical (unpaired) electrons. The number of aromatic nitrogens is 2. The van der Waals surface area contributed by atoms with Crippen molar-refractivity contribution in [2.24, 2.45) is 5.73 Å². The molecule has 0 spiro atoms. The Morgan fingerprint density at radius 1 is 1.12 bits per heavy atom. The predicted octanol–water partition coefficient (Wildman–Crippen LogP) is 4.58. The van der Waals surface area contributed by atoms with E-state index in [2.05, 4.69) is 47.5 Å². The van der Waals surface area contributed by atoms with Gasteiger partial charge >= 0.3 is 0 Å². The van der Waals surface area contributed by atoms with Crippen LogP contribution >= 0.6 is 0 Å². The average Bonchev–Trinajstić information content (AvgIpc) is 3.27. The third-order valence-corrected chi connectivity index (χ3v) is 6.66. The highest BCUT2D eigenvalue weighted by molar-refractivity contribution is 5.98. The highest BCUT2D eigenvalue weighted by Gasteiger charge is 2.38. The van der Waals surface area contributed by atoms with Crippen LogP contribution in [0, 0.1) is 11.3 Å². The number of primary amides is 1. The summed E-state index contributed by atoms with van der Waals surface area (Å²) < 4.78 is 1.80. The number of piperidine rings is 1. The first-order chi connectivity index (χ1) is 16.5. The molecule has 1 fully saturated rings. The summed E-state index contributed by atoms with van der Waals surface area (Å²) in [6, 6.07) is 20.8. The quantitative estimate of drug-likeness (QED) is 0.491. The second-order valence-electron chi connectivity index (χ2n) is 9.09. The molecule has 7 nitrogen and oxygen atoms in total. The number of rotatable bonds is 9. The van der Waals surface area contributed by atoms with Gasteiger partial charge in [0.1, 0.15) is 5.56 Å². The molecule has 0 bridgehead atoms. The van der Waals surface area contributed by atoms with Crippen molar-refractivity contribution < 1.29 is 4.79 Å². The van der Waals surface area contributed by atoms with Gasteiger partial charge in [-0.25, -0.2) is 0 Å². The van der Waals surface area contributed by atoms with E-state index in [9.17, 15) is 10.1 Å². The van der Waals surface area contributed by atoms with Crippen LogP contribution in [-0.4, -0.2) is 33.7 Å². The van der Waals surface area contributed by atoms with E-state index in [1.54, 1.807) is 10.9 Å². The Balaban J connectivity index is 1.50. The fraction of sp³-hybridized carbons (Fsp3) is 0.370. The Bertz CT molecular complexity index is 1140. The van der Waals surface area contributed by atoms with Gasteiger partial charge in [0.25, 0.3) is 5.91 Å². The molecule has 3 N–H and O–H groups in total. The van der Waals surface area contributed by atoms with Crippen LogP contribution in [-0.2, 0) is 18.5 Å². The molecule has 1 amide bonds. The molecule has 0 saturated carbocycles. The molecule has 0 unspecified atom stereocenters. The molecule has 2 heterocycles. The molecule has 0 aliphatic carbocycles. The van der Waals surface area contributed by atoms with E-state index in [4.69, 9.17) is 10.8 Å². The third kappa shape index (κ3) is 5.29. The topological polar surface area (TPSA) is 100.0 Å². The number of nitrogens with two attached hydrogens (primary N) is 1. The van der Waals surface area contributed by atoms with Crippen LogP contribution in [0.15, 0.2) is 60.8 Å². The molecule has 34 heavy (non-hydrogen) atoms. The molecule has 4 rings (SSSR count). The molecule has 1 saturated heterocycles. The van der Waals surface area contributed by atoms with Gasteiger partial charge in [0.2, 0.25) is 0 Å². The summed E-state index contributed by atoms with van der Waals surface area (Å²) in [6.45, 7) is 4.79. The predicted molar refractivity (Wildman–Crippen MR) is 134 cm³/mol. The van der Waals surface area contributed by atoms with Crippen molar-refractivity contribution in [1.82, 2.24) is 14.7 Å². The highest BCUT2D eigenvalue weighted by Crippen LogP contribution is 2.35. The minimum atomic E-state index is -0.541. The Morgan fingerprint density at radius 2 is 1.79 bits per heavy atom. The van der Waals surface area contributed by atoms with Crippen molar-refractivity contribution in [2.75, 3.05) is 18.4 Å². The second kappa shape index (κ2) is 10.5. The Hall–Kier alpha value is -3.63. The normalized spacial score (nSPS) is 15.5. The van der Waals surface area contributed by atoms with Gasteiger partial charge in [-0.1, -0.05) is 55.8 Å². The number of carbonyl (C=O) groups is 1. The van der Waals surface area contributed by atoms with Crippen molar-refractivity contribution in [2.45, 2.75) is 51.1 Å². The molecule has 0 atom stereocenters. The molecule has 176 valence electrons. The van der Waals surface area contributed by atoms with Crippen LogP contribution in [0.2, 0.25) is 0 Å². The van der Waals surface area contributed by atoms with E-state index in [0.29, 0.717) is 17.8 Å². The first-order valence-corrected chi connectivity index (χ1v) is 11.9. The lowest BCUT2D eigenvalue weighted by atomic mass is 9.84. The van der Waals surface area contributed by atoms with E-state index in [0.717, 1.165) is 51.0 Å². The van der Waals surface area contributed by atoms with Gasteiger partial charge in [-0.2, -0.15) is 10.4 Å². The van der Waals surface area contributed by atoms with Crippen LogP contribution in [0.4, 0.5) is 11.5 Å². The van der Waals surface area contributed by atoms with Gasteiger partial charge < -0.3 is 11.1 Å². The van der Waals surface area contributed by atoms with Crippen molar-refractivity contribution in [1.29, 1.82) is 5.26 Å². The van der Waals surface area contributed by atoms with Crippen LogP contribution in [0.3, 0.4) is 0 Å². The number of hydrogen-bond acceptors (Lipinski definition) is 5. The zero-order valence-corrected chi connectivity index (χ0v) is 19.7. The molecule has 1 aromatic heterocycles. The van der Waals surface area contributed by atoms with Crippen molar-refractivity contribution in [3.05, 3.63) is 77.5 Å². The number of nitrogens with one attached hydrogen (secondary N) is 1. The maximum absolute atomic E-state index is 12.1. The summed E-state index contributed by atoms with van der Waals surface area (Å²) in [7, 11) is 0. The number of nitrogens with zero attached hydrogens (tertiary/aromatic N) is 4. The number of amides is 1. The number of carbonyl (C=O) groups excluding carboxylic acids is 1. The Kier molecular flexibility index (Phi) is 7.29. The van der Waals surface area contributed by atoms with Crippen LogP contribution < -0.4 is 11.1 Å². The second-order valence-corrected chi connectivity index (χ2v) is 9.09. The minimum Gasteiger partial charge on any atom is -0.365 e. The summed E-state index contributed by atoms with van der Waals surface area (Å²) in [4.78, 5) is 14.6. The smallest absolute Gasteiger partial charge is 0.254 e. The first-order valence-electron chi connectivity index (χ1n) is 11.9. The fourth-order valence-electron chi connectivity index (χ4n) is 4.67. The lowest BCUT2D eigenvalue weighted by molar-refractivity contribution is 0.0967. The van der Waals surface area contributed by atoms with Crippen molar-refractivity contribution in [3.8, 4) is 6.07 Å². The first kappa shape index (κ1) is 23.5. The molecule has 1 aliphatic rings. The summed E-state index contributed by atoms with van der Waals surface area (Å²) >= 11 is 0. The van der Waals surface area contributed by atoms with Crippen LogP contribution in [0.5, 0.6) is 0 Å². The highest BCUT2D eigenvalue weighted by atomic mass is 16.1. The lowest BCUT2D eigenvalue weighted by Crippen LogP contribution is -2.46. The van der Waals surface area contributed by atoms with Gasteiger partial charge in [0.05, 0.1) is 18.0 Å². The monoisotopic (exact) mass is 456 g/mol. The number of likely N-dealkylation sites (tertiary alicyclic amines) is 1. The number of para-hydroxylation sites is 1. The number of nitriles is 1. The maximum Gasteiger partial charge on any atom is 0.254 e. The van der Waals surface area contributed by atoms with E-state index in [-0.39, 0.29) is 0 Å². The summed E-state index contributed by atoms with van der Waals surface area (Å²) in [5.41, 5.74) is 9.03. The number of aryl methyl sites for hydroxylation is 1. The molecule has 7 heteroatoms. The average molecular weight is 457 g/mol. The van der Waals surface area contributed by atoms with Crippen LogP contribution in [0.1, 0.15) is 54.1 Å². The molecule has 2 aromatic carbocycles. The van der Waals surface area contributed by atoms with E-state index in [1.165, 1.54) is 11.1 Å². The van der Waals surface area contributed by atoms with Gasteiger partial charge in [-0.05, 0) is 42.5 Å². The molecular formula is C27H32N6O. The maximum atomic E-state index is 12.1.